The van der Waals surface area contributed by atoms with Crippen molar-refractivity contribution in [3.63, 3.8) is 0 Å². The van der Waals surface area contributed by atoms with Crippen molar-refractivity contribution < 1.29 is 9.90 Å². The highest BCUT2D eigenvalue weighted by Gasteiger charge is 2.15. The topological polar surface area (TPSA) is 92.4 Å². The molecule has 2 aromatic rings. The lowest BCUT2D eigenvalue weighted by atomic mass is 10.2. The Hall–Kier alpha value is -2.02. The lowest BCUT2D eigenvalue weighted by Crippen LogP contribution is -2.32. The SMILES string of the molecule is CCCC(O)CNC(=O)c1nc2nc(C)cc(C)n2n1. The fraction of sp³-hybridized carbons (Fsp3) is 0.538. The molecule has 2 aromatic heterocycles. The van der Waals surface area contributed by atoms with Gasteiger partial charge in [0.05, 0.1) is 6.10 Å². The molecular weight excluding hydrogens is 258 g/mol. The fourth-order valence-electron chi connectivity index (χ4n) is 1.99. The number of carbonyl (C=O) groups is 1. The van der Waals surface area contributed by atoms with Gasteiger partial charge in [-0.15, -0.1) is 5.10 Å². The van der Waals surface area contributed by atoms with Crippen molar-refractivity contribution >= 4 is 11.7 Å². The van der Waals surface area contributed by atoms with Gasteiger partial charge in [-0.3, -0.25) is 4.79 Å². The Morgan fingerprint density at radius 3 is 2.90 bits per heavy atom. The Bertz CT molecular complexity index is 622. The lowest BCUT2D eigenvalue weighted by molar-refractivity contribution is 0.0900. The van der Waals surface area contributed by atoms with Crippen LogP contribution >= 0.6 is 0 Å². The molecule has 1 amide bonds. The van der Waals surface area contributed by atoms with Crippen LogP contribution in [0.25, 0.3) is 5.78 Å². The minimum Gasteiger partial charge on any atom is -0.391 e. The number of aromatic nitrogens is 4. The number of aliphatic hydroxyl groups excluding tert-OH is 1. The first kappa shape index (κ1) is 14.4. The van der Waals surface area contributed by atoms with Crippen LogP contribution in [0.4, 0.5) is 0 Å². The number of nitrogens with one attached hydrogen (secondary N) is 1. The number of aryl methyl sites for hydroxylation is 2. The van der Waals surface area contributed by atoms with Crippen molar-refractivity contribution in [3.8, 4) is 0 Å². The summed E-state index contributed by atoms with van der Waals surface area (Å²) in [6, 6.07) is 1.87. The zero-order chi connectivity index (χ0) is 14.7. The molecule has 2 heterocycles. The first-order valence-electron chi connectivity index (χ1n) is 6.68. The van der Waals surface area contributed by atoms with Gasteiger partial charge >= 0.3 is 0 Å². The highest BCUT2D eigenvalue weighted by atomic mass is 16.3. The highest BCUT2D eigenvalue weighted by molar-refractivity contribution is 5.90. The van der Waals surface area contributed by atoms with Gasteiger partial charge in [-0.25, -0.2) is 9.50 Å². The van der Waals surface area contributed by atoms with Crippen LogP contribution in [0.15, 0.2) is 6.07 Å². The molecule has 0 aliphatic heterocycles. The van der Waals surface area contributed by atoms with Gasteiger partial charge in [-0.2, -0.15) is 4.98 Å². The molecule has 0 saturated carbocycles. The van der Waals surface area contributed by atoms with Crippen molar-refractivity contribution in [1.82, 2.24) is 24.9 Å². The van der Waals surface area contributed by atoms with Gasteiger partial charge in [-0.05, 0) is 26.3 Å². The second-order valence-corrected chi connectivity index (χ2v) is 4.84. The summed E-state index contributed by atoms with van der Waals surface area (Å²) in [5, 5.41) is 16.3. The molecule has 20 heavy (non-hydrogen) atoms. The van der Waals surface area contributed by atoms with E-state index in [1.54, 1.807) is 0 Å². The van der Waals surface area contributed by atoms with Crippen LogP contribution < -0.4 is 5.32 Å². The summed E-state index contributed by atoms with van der Waals surface area (Å²) in [6.07, 6.45) is 0.980. The standard InChI is InChI=1S/C13H19N5O2/c1-4-5-10(19)7-14-12(20)11-16-13-15-8(2)6-9(3)18(13)17-11/h6,10,19H,4-5,7H2,1-3H3,(H,14,20). The summed E-state index contributed by atoms with van der Waals surface area (Å²) >= 11 is 0. The molecule has 0 saturated heterocycles. The number of hydrogen-bond acceptors (Lipinski definition) is 5. The van der Waals surface area contributed by atoms with E-state index < -0.39 is 12.0 Å². The Balaban J connectivity index is 2.13. The molecule has 0 aliphatic rings. The molecule has 7 nitrogen and oxygen atoms in total. The molecule has 0 fully saturated rings. The van der Waals surface area contributed by atoms with Crippen LogP contribution in [0.5, 0.6) is 0 Å². The Morgan fingerprint density at radius 2 is 2.20 bits per heavy atom. The quantitative estimate of drug-likeness (QED) is 0.836. The number of amides is 1. The third-order valence-corrected chi connectivity index (χ3v) is 2.94. The van der Waals surface area contributed by atoms with E-state index in [-0.39, 0.29) is 12.4 Å². The van der Waals surface area contributed by atoms with Crippen molar-refractivity contribution in [2.75, 3.05) is 6.54 Å². The number of aliphatic hydroxyl groups is 1. The highest BCUT2D eigenvalue weighted by Crippen LogP contribution is 2.05. The molecular formula is C13H19N5O2. The summed E-state index contributed by atoms with van der Waals surface area (Å²) in [4.78, 5) is 20.3. The third kappa shape index (κ3) is 3.11. The predicted molar refractivity (Wildman–Crippen MR) is 73.5 cm³/mol. The van der Waals surface area contributed by atoms with Gasteiger partial charge in [0, 0.05) is 17.9 Å². The van der Waals surface area contributed by atoms with Crippen molar-refractivity contribution in [3.05, 3.63) is 23.3 Å². The maximum Gasteiger partial charge on any atom is 0.291 e. The van der Waals surface area contributed by atoms with Gasteiger partial charge in [0.1, 0.15) is 0 Å². The van der Waals surface area contributed by atoms with Gasteiger partial charge in [0.15, 0.2) is 0 Å². The number of rotatable bonds is 5. The molecule has 7 heteroatoms. The van der Waals surface area contributed by atoms with Gasteiger partial charge in [-0.1, -0.05) is 13.3 Å². The first-order valence-corrected chi connectivity index (χ1v) is 6.68. The summed E-state index contributed by atoms with van der Waals surface area (Å²) < 4.78 is 1.53. The van der Waals surface area contributed by atoms with Crippen LogP contribution in [-0.4, -0.2) is 43.2 Å². The minimum atomic E-state index is -0.539. The third-order valence-electron chi connectivity index (χ3n) is 2.94. The van der Waals surface area contributed by atoms with Crippen LogP contribution in [0, 0.1) is 13.8 Å². The zero-order valence-electron chi connectivity index (χ0n) is 11.9. The smallest absolute Gasteiger partial charge is 0.291 e. The summed E-state index contributed by atoms with van der Waals surface area (Å²) in [5.74, 6) is 0.0689. The van der Waals surface area contributed by atoms with E-state index in [4.69, 9.17) is 0 Å². The number of carbonyl (C=O) groups excluding carboxylic acids is 1. The molecule has 0 bridgehead atoms. The second kappa shape index (κ2) is 5.96. The van der Waals surface area contributed by atoms with Crippen molar-refractivity contribution in [2.24, 2.45) is 0 Å². The van der Waals surface area contributed by atoms with Crippen LogP contribution in [0.3, 0.4) is 0 Å². The van der Waals surface area contributed by atoms with Gasteiger partial charge in [0.25, 0.3) is 11.7 Å². The van der Waals surface area contributed by atoms with E-state index in [0.29, 0.717) is 12.2 Å². The molecule has 0 spiro atoms. The Labute approximate surface area is 117 Å². The predicted octanol–water partition coefficient (Wildman–Crippen LogP) is 0.632. The number of fused-ring (bicyclic) bond motifs is 1. The van der Waals surface area contributed by atoms with E-state index >= 15 is 0 Å². The van der Waals surface area contributed by atoms with Crippen molar-refractivity contribution in [1.29, 1.82) is 0 Å². The maximum atomic E-state index is 11.9. The molecule has 1 atom stereocenters. The first-order chi connectivity index (χ1) is 9.51. The van der Waals surface area contributed by atoms with Crippen LogP contribution in [0.1, 0.15) is 41.8 Å². The molecule has 0 aromatic carbocycles. The molecule has 1 unspecified atom stereocenters. The number of hydrogen-bond donors (Lipinski definition) is 2. The van der Waals surface area contributed by atoms with E-state index in [0.717, 1.165) is 17.8 Å². The van der Waals surface area contributed by atoms with Gasteiger partial charge in [0.2, 0.25) is 5.82 Å². The van der Waals surface area contributed by atoms with E-state index in [1.165, 1.54) is 4.52 Å². The summed E-state index contributed by atoms with van der Waals surface area (Å²) in [6.45, 7) is 5.92. The molecule has 2 rings (SSSR count). The molecule has 108 valence electrons. The molecule has 0 radical (unpaired) electrons. The average Bonchev–Trinajstić information content (AvgIpc) is 2.80. The minimum absolute atomic E-state index is 0.0647. The van der Waals surface area contributed by atoms with E-state index in [2.05, 4.69) is 20.4 Å². The monoisotopic (exact) mass is 277 g/mol. The van der Waals surface area contributed by atoms with Gasteiger partial charge < -0.3 is 10.4 Å². The Morgan fingerprint density at radius 1 is 1.45 bits per heavy atom. The molecule has 0 aliphatic carbocycles. The average molecular weight is 277 g/mol. The second-order valence-electron chi connectivity index (χ2n) is 4.84. The molecule has 2 N–H and O–H groups in total. The van der Waals surface area contributed by atoms with Crippen LogP contribution in [0.2, 0.25) is 0 Å². The zero-order valence-corrected chi connectivity index (χ0v) is 11.9. The Kier molecular flexibility index (Phi) is 4.29. The maximum absolute atomic E-state index is 11.9. The van der Waals surface area contributed by atoms with Crippen LogP contribution in [-0.2, 0) is 0 Å². The largest absolute Gasteiger partial charge is 0.391 e. The number of nitrogens with zero attached hydrogens (tertiary/aromatic N) is 4. The normalized spacial score (nSPS) is 12.6. The fourth-order valence-corrected chi connectivity index (χ4v) is 1.99. The van der Waals surface area contributed by atoms with E-state index in [1.807, 2.05) is 26.8 Å². The van der Waals surface area contributed by atoms with E-state index in [9.17, 15) is 9.90 Å². The summed E-state index contributed by atoms with van der Waals surface area (Å²) in [5.41, 5.74) is 1.69. The van der Waals surface area contributed by atoms with Crippen molar-refractivity contribution in [2.45, 2.75) is 39.7 Å². The summed E-state index contributed by atoms with van der Waals surface area (Å²) in [7, 11) is 0. The lowest BCUT2D eigenvalue weighted by Gasteiger charge is -2.08.